The van der Waals surface area contributed by atoms with E-state index in [1.54, 1.807) is 0 Å². The fourth-order valence-electron chi connectivity index (χ4n) is 9.89. The maximum atomic E-state index is 5.43. The summed E-state index contributed by atoms with van der Waals surface area (Å²) in [5.74, 6) is 0. The predicted molar refractivity (Wildman–Crippen MR) is 226 cm³/mol. The number of pyridine rings is 2. The molecule has 256 valence electrons. The molecule has 7 aromatic carbocycles. The minimum Gasteiger partial charge on any atom is -0.247 e. The highest BCUT2D eigenvalue weighted by Gasteiger charge is 2.41. The Kier molecular flexibility index (Phi) is 6.39. The first kappa shape index (κ1) is 31.2. The zero-order chi connectivity index (χ0) is 36.3. The molecular formula is C52H38N2. The van der Waals surface area contributed by atoms with E-state index in [1.165, 1.54) is 88.3 Å². The summed E-state index contributed by atoms with van der Waals surface area (Å²) in [4.78, 5) is 10.7. The van der Waals surface area contributed by atoms with Crippen LogP contribution in [0.15, 0.2) is 158 Å². The third-order valence-electron chi connectivity index (χ3n) is 12.4. The Labute approximate surface area is 315 Å². The van der Waals surface area contributed by atoms with Gasteiger partial charge >= 0.3 is 0 Å². The smallest absolute Gasteiger partial charge is 0.0759 e. The second kappa shape index (κ2) is 11.1. The van der Waals surface area contributed by atoms with Gasteiger partial charge in [-0.05, 0) is 90.7 Å². The van der Waals surface area contributed by atoms with Crippen LogP contribution < -0.4 is 0 Å². The summed E-state index contributed by atoms with van der Waals surface area (Å²) in [7, 11) is 0. The highest BCUT2D eigenvalue weighted by Crippen LogP contribution is 2.55. The van der Waals surface area contributed by atoms with Gasteiger partial charge in [0.2, 0.25) is 0 Å². The van der Waals surface area contributed by atoms with Crippen molar-refractivity contribution in [2.45, 2.75) is 38.5 Å². The van der Waals surface area contributed by atoms with Gasteiger partial charge in [-0.3, -0.25) is 0 Å². The molecule has 2 aromatic heterocycles. The fraction of sp³-hybridized carbons (Fsp3) is 0.115. The van der Waals surface area contributed by atoms with Crippen LogP contribution in [0, 0.1) is 0 Å². The van der Waals surface area contributed by atoms with Gasteiger partial charge in [0, 0.05) is 32.7 Å². The number of aromatic nitrogens is 2. The summed E-state index contributed by atoms with van der Waals surface area (Å²) >= 11 is 0. The van der Waals surface area contributed by atoms with E-state index in [1.807, 2.05) is 0 Å². The monoisotopic (exact) mass is 690 g/mol. The van der Waals surface area contributed by atoms with Gasteiger partial charge in [-0.15, -0.1) is 0 Å². The second-order valence-electron chi connectivity index (χ2n) is 16.1. The van der Waals surface area contributed by atoms with E-state index in [2.05, 4.69) is 185 Å². The van der Waals surface area contributed by atoms with Gasteiger partial charge in [-0.2, -0.15) is 0 Å². The third kappa shape index (κ3) is 4.23. The zero-order valence-corrected chi connectivity index (χ0v) is 30.9. The van der Waals surface area contributed by atoms with Gasteiger partial charge < -0.3 is 0 Å². The van der Waals surface area contributed by atoms with Crippen LogP contribution in [-0.2, 0) is 10.8 Å². The number of rotatable bonds is 3. The van der Waals surface area contributed by atoms with Crippen LogP contribution in [-0.4, -0.2) is 9.97 Å². The van der Waals surface area contributed by atoms with E-state index < -0.39 is 0 Å². The summed E-state index contributed by atoms with van der Waals surface area (Å²) in [5.41, 5.74) is 19.0. The lowest BCUT2D eigenvalue weighted by molar-refractivity contribution is 0.661. The number of fused-ring (bicyclic) bond motifs is 10. The van der Waals surface area contributed by atoms with Gasteiger partial charge in [-0.1, -0.05) is 161 Å². The molecule has 0 radical (unpaired) electrons. The molecule has 0 aliphatic heterocycles. The molecule has 0 saturated heterocycles. The lowest BCUT2D eigenvalue weighted by Crippen LogP contribution is -2.17. The maximum absolute atomic E-state index is 5.43. The molecule has 0 amide bonds. The lowest BCUT2D eigenvalue weighted by atomic mass is 9.77. The van der Waals surface area contributed by atoms with Crippen molar-refractivity contribution in [2.75, 3.05) is 0 Å². The van der Waals surface area contributed by atoms with Crippen LogP contribution in [0.3, 0.4) is 0 Å². The zero-order valence-electron chi connectivity index (χ0n) is 30.9. The van der Waals surface area contributed by atoms with Gasteiger partial charge in [0.05, 0.1) is 22.4 Å². The van der Waals surface area contributed by atoms with Crippen LogP contribution in [0.2, 0.25) is 0 Å². The van der Waals surface area contributed by atoms with Crippen molar-refractivity contribution >= 4 is 32.6 Å². The SMILES string of the molecule is CC1(C)c2ccccc2-c2nc3ccccc3c(-c3cccc(-c4cccc(-c5c6c(nc7ccc8ccccc8c57)-c5ccccc5C6(C)C)c4)c3)c21. The average Bonchev–Trinajstić information content (AvgIpc) is 3.58. The van der Waals surface area contributed by atoms with E-state index >= 15 is 0 Å². The molecule has 2 nitrogen and oxygen atoms in total. The molecule has 0 bridgehead atoms. The molecular weight excluding hydrogens is 653 g/mol. The largest absolute Gasteiger partial charge is 0.247 e. The molecule has 0 spiro atoms. The molecule has 9 aromatic rings. The minimum absolute atomic E-state index is 0.190. The van der Waals surface area contributed by atoms with Crippen molar-refractivity contribution in [2.24, 2.45) is 0 Å². The minimum atomic E-state index is -0.220. The Bertz CT molecular complexity index is 3050. The molecule has 2 heterocycles. The summed E-state index contributed by atoms with van der Waals surface area (Å²) in [6.07, 6.45) is 0. The predicted octanol–water partition coefficient (Wildman–Crippen LogP) is 13.5. The highest BCUT2D eigenvalue weighted by molar-refractivity contribution is 6.16. The van der Waals surface area contributed by atoms with Gasteiger partial charge in [0.15, 0.2) is 0 Å². The van der Waals surface area contributed by atoms with E-state index in [-0.39, 0.29) is 10.8 Å². The summed E-state index contributed by atoms with van der Waals surface area (Å²) in [5, 5.41) is 4.88. The summed E-state index contributed by atoms with van der Waals surface area (Å²) in [6, 6.07) is 57.8. The molecule has 54 heavy (non-hydrogen) atoms. The van der Waals surface area contributed by atoms with E-state index in [0.717, 1.165) is 22.4 Å². The van der Waals surface area contributed by atoms with Crippen LogP contribution in [0.25, 0.3) is 88.5 Å². The molecule has 11 rings (SSSR count). The molecule has 0 unspecified atom stereocenters. The summed E-state index contributed by atoms with van der Waals surface area (Å²) < 4.78 is 0. The van der Waals surface area contributed by atoms with Crippen LogP contribution in [0.4, 0.5) is 0 Å². The van der Waals surface area contributed by atoms with Gasteiger partial charge in [-0.25, -0.2) is 9.97 Å². The number of hydrogen-bond acceptors (Lipinski definition) is 2. The topological polar surface area (TPSA) is 25.8 Å². The standard InChI is InChI=1S/C52H38N2/c1-51(2)40-24-10-7-21-37(40)49-47(51)44(39-23-9-12-26-42(39)53-49)34-18-13-16-32(29-34)33-17-14-19-35(30-33)45-46-36-20-6-5-15-31(36)27-28-43(46)54-50-38-22-8-11-25-41(38)52(3,4)48(45)50/h5-30H,1-4H3. The first-order valence-electron chi connectivity index (χ1n) is 19.0. The molecule has 0 atom stereocenters. The molecule has 2 aliphatic rings. The van der Waals surface area contributed by atoms with Crippen molar-refractivity contribution in [3.8, 4) is 55.9 Å². The molecule has 0 N–H and O–H groups in total. The Hall–Kier alpha value is -6.38. The second-order valence-corrected chi connectivity index (χ2v) is 16.1. The first-order valence-corrected chi connectivity index (χ1v) is 19.0. The van der Waals surface area contributed by atoms with Crippen molar-refractivity contribution in [1.29, 1.82) is 0 Å². The summed E-state index contributed by atoms with van der Waals surface area (Å²) in [6.45, 7) is 9.44. The molecule has 2 aliphatic carbocycles. The number of benzene rings is 7. The maximum Gasteiger partial charge on any atom is 0.0759 e. The lowest BCUT2D eigenvalue weighted by Gasteiger charge is -2.26. The Morgan fingerprint density at radius 3 is 1.56 bits per heavy atom. The molecule has 2 heteroatoms. The Balaban J connectivity index is 1.15. The van der Waals surface area contributed by atoms with Gasteiger partial charge in [0.1, 0.15) is 0 Å². The Morgan fingerprint density at radius 1 is 0.389 bits per heavy atom. The van der Waals surface area contributed by atoms with E-state index in [4.69, 9.17) is 9.97 Å². The van der Waals surface area contributed by atoms with Gasteiger partial charge in [0.25, 0.3) is 0 Å². The van der Waals surface area contributed by atoms with Crippen molar-refractivity contribution in [3.05, 3.63) is 180 Å². The molecule has 0 fully saturated rings. The third-order valence-corrected chi connectivity index (χ3v) is 12.4. The number of para-hydroxylation sites is 1. The van der Waals surface area contributed by atoms with Crippen molar-refractivity contribution in [3.63, 3.8) is 0 Å². The van der Waals surface area contributed by atoms with Crippen LogP contribution in [0.5, 0.6) is 0 Å². The quantitative estimate of drug-likeness (QED) is 0.172. The highest BCUT2D eigenvalue weighted by atomic mass is 14.7. The number of nitrogens with zero attached hydrogens (tertiary/aromatic N) is 2. The Morgan fingerprint density at radius 2 is 0.889 bits per heavy atom. The molecule has 0 saturated carbocycles. The van der Waals surface area contributed by atoms with E-state index in [0.29, 0.717) is 0 Å². The normalized spacial score (nSPS) is 14.6. The van der Waals surface area contributed by atoms with Crippen molar-refractivity contribution < 1.29 is 0 Å². The van der Waals surface area contributed by atoms with Crippen molar-refractivity contribution in [1.82, 2.24) is 9.97 Å². The van der Waals surface area contributed by atoms with Crippen LogP contribution >= 0.6 is 0 Å². The fourth-order valence-corrected chi connectivity index (χ4v) is 9.89. The first-order chi connectivity index (χ1) is 26.3. The van der Waals surface area contributed by atoms with E-state index in [9.17, 15) is 0 Å². The number of hydrogen-bond donors (Lipinski definition) is 0. The average molecular weight is 691 g/mol. The van der Waals surface area contributed by atoms with Crippen LogP contribution in [0.1, 0.15) is 49.9 Å².